The number of nitro groups is 1. The van der Waals surface area contributed by atoms with Crippen molar-refractivity contribution in [3.63, 3.8) is 0 Å². The summed E-state index contributed by atoms with van der Waals surface area (Å²) < 4.78 is 39.0. The number of non-ortho nitro benzene ring substituents is 1. The lowest BCUT2D eigenvalue weighted by atomic mass is 10.3. The van der Waals surface area contributed by atoms with Crippen LogP contribution in [0.5, 0.6) is 0 Å². The van der Waals surface area contributed by atoms with Gasteiger partial charge in [-0.2, -0.15) is 0 Å². The van der Waals surface area contributed by atoms with Crippen molar-refractivity contribution in [2.75, 3.05) is 6.26 Å². The van der Waals surface area contributed by atoms with Crippen LogP contribution in [0.2, 0.25) is 0 Å². The van der Waals surface area contributed by atoms with E-state index in [1.165, 1.54) is 12.1 Å². The standard InChI is InChI=1S/C7H7NO2S.BF4/c1-11-7-4-2-6(3-5-7)8(9)10;2-1(3,4)5/h2-5H,1H3;/q;-1/p+1. The lowest BCUT2D eigenvalue weighted by molar-refractivity contribution is -0.384. The van der Waals surface area contributed by atoms with Crippen LogP contribution in [0.4, 0.5) is 23.0 Å². The first-order chi connectivity index (χ1) is 7.24. The summed E-state index contributed by atoms with van der Waals surface area (Å²) in [6.45, 7) is 0. The van der Waals surface area contributed by atoms with E-state index in [0.29, 0.717) is 0 Å². The summed E-state index contributed by atoms with van der Waals surface area (Å²) in [5.74, 6) is 0. The molecule has 9 heteroatoms. The molecule has 1 aromatic carbocycles. The van der Waals surface area contributed by atoms with E-state index in [-0.39, 0.29) is 5.69 Å². The smallest absolute Gasteiger partial charge is 0.418 e. The zero-order valence-corrected chi connectivity index (χ0v) is 9.00. The molecule has 0 amide bonds. The molecule has 0 aliphatic heterocycles. The van der Waals surface area contributed by atoms with E-state index in [1.54, 1.807) is 12.1 Å². The van der Waals surface area contributed by atoms with Crippen molar-refractivity contribution in [1.29, 1.82) is 0 Å². The molecular weight excluding hydrogens is 249 g/mol. The van der Waals surface area contributed by atoms with Gasteiger partial charge in [-0.15, -0.1) is 0 Å². The van der Waals surface area contributed by atoms with Crippen LogP contribution in [0.1, 0.15) is 0 Å². The Balaban J connectivity index is 0.000000385. The summed E-state index contributed by atoms with van der Waals surface area (Å²) in [5.41, 5.74) is 0.150. The van der Waals surface area contributed by atoms with Crippen LogP contribution in [0.25, 0.3) is 0 Å². The molecule has 0 aromatic heterocycles. The minimum Gasteiger partial charge on any atom is -0.418 e. The van der Waals surface area contributed by atoms with Crippen LogP contribution in [0.3, 0.4) is 0 Å². The average Bonchev–Trinajstić information content (AvgIpc) is 2.15. The van der Waals surface area contributed by atoms with Crippen molar-refractivity contribution in [1.82, 2.24) is 0 Å². The molecule has 0 unspecified atom stereocenters. The van der Waals surface area contributed by atoms with Gasteiger partial charge in [-0.05, 0) is 12.1 Å². The maximum atomic E-state index is 10.2. The first-order valence-corrected chi connectivity index (χ1v) is 5.30. The fourth-order valence-electron chi connectivity index (χ4n) is 0.723. The number of thiol groups is 1. The fraction of sp³-hybridized carbons (Fsp3) is 0.143. The van der Waals surface area contributed by atoms with Crippen molar-refractivity contribution in [2.45, 2.75) is 4.90 Å². The second-order valence-corrected chi connectivity index (χ2v) is 3.46. The van der Waals surface area contributed by atoms with Gasteiger partial charge in [0.15, 0.2) is 4.90 Å². The molecule has 0 fully saturated rings. The van der Waals surface area contributed by atoms with E-state index in [0.717, 1.165) is 16.7 Å². The first kappa shape index (κ1) is 14.8. The number of benzene rings is 1. The van der Waals surface area contributed by atoms with E-state index in [4.69, 9.17) is 0 Å². The summed E-state index contributed by atoms with van der Waals surface area (Å²) in [4.78, 5) is 10.9. The second kappa shape index (κ2) is 6.36. The predicted molar refractivity (Wildman–Crippen MR) is 56.2 cm³/mol. The van der Waals surface area contributed by atoms with Gasteiger partial charge in [0.2, 0.25) is 0 Å². The summed E-state index contributed by atoms with van der Waals surface area (Å²) >= 11 is 1.13. The third kappa shape index (κ3) is 8.10. The maximum Gasteiger partial charge on any atom is 0.673 e. The Bertz CT molecular complexity index is 337. The molecule has 0 aliphatic rings. The highest BCUT2D eigenvalue weighted by molar-refractivity contribution is 7.77. The highest BCUT2D eigenvalue weighted by Crippen LogP contribution is 2.12. The van der Waals surface area contributed by atoms with Crippen molar-refractivity contribution < 1.29 is 22.2 Å². The molecular formula is C7H8BF4NO2S. The van der Waals surface area contributed by atoms with Crippen LogP contribution in [-0.2, 0) is 11.8 Å². The topological polar surface area (TPSA) is 43.1 Å². The lowest BCUT2D eigenvalue weighted by Gasteiger charge is -1.94. The van der Waals surface area contributed by atoms with Crippen molar-refractivity contribution in [3.05, 3.63) is 34.4 Å². The van der Waals surface area contributed by atoms with Crippen LogP contribution >= 0.6 is 0 Å². The lowest BCUT2D eigenvalue weighted by Crippen LogP contribution is -2.02. The minimum absolute atomic E-state index is 0.150. The Hall–Kier alpha value is -1.25. The first-order valence-electron chi connectivity index (χ1n) is 3.95. The number of hydrogen-bond donors (Lipinski definition) is 0. The number of rotatable bonds is 2. The predicted octanol–water partition coefficient (Wildman–Crippen LogP) is 2.70. The zero-order valence-electron chi connectivity index (χ0n) is 8.11. The van der Waals surface area contributed by atoms with Gasteiger partial charge >= 0.3 is 7.25 Å². The van der Waals surface area contributed by atoms with Crippen molar-refractivity contribution >= 4 is 24.7 Å². The van der Waals surface area contributed by atoms with E-state index < -0.39 is 12.2 Å². The molecule has 0 saturated carbocycles. The molecule has 0 atom stereocenters. The quantitative estimate of drug-likeness (QED) is 0.204. The van der Waals surface area contributed by atoms with Crippen molar-refractivity contribution in [2.24, 2.45) is 0 Å². The van der Waals surface area contributed by atoms with Crippen LogP contribution < -0.4 is 0 Å². The van der Waals surface area contributed by atoms with E-state index in [1.807, 2.05) is 6.26 Å². The third-order valence-electron chi connectivity index (χ3n) is 1.32. The Morgan fingerprint density at radius 1 is 1.19 bits per heavy atom. The molecule has 0 bridgehead atoms. The normalized spacial score (nSPS) is 10.3. The Labute approximate surface area is 93.1 Å². The highest BCUT2D eigenvalue weighted by atomic mass is 32.2. The van der Waals surface area contributed by atoms with Crippen LogP contribution in [0, 0.1) is 10.1 Å². The molecule has 3 nitrogen and oxygen atoms in total. The second-order valence-electron chi connectivity index (χ2n) is 2.49. The van der Waals surface area contributed by atoms with E-state index >= 15 is 0 Å². The summed E-state index contributed by atoms with van der Waals surface area (Å²) in [6, 6.07) is 6.57. The average molecular weight is 257 g/mol. The molecule has 16 heavy (non-hydrogen) atoms. The molecule has 0 N–H and O–H groups in total. The van der Waals surface area contributed by atoms with Gasteiger partial charge in [-0.1, -0.05) is 0 Å². The van der Waals surface area contributed by atoms with Crippen molar-refractivity contribution in [3.8, 4) is 0 Å². The molecule has 0 aliphatic carbocycles. The molecule has 0 radical (unpaired) electrons. The molecule has 0 saturated heterocycles. The Morgan fingerprint density at radius 3 is 1.81 bits per heavy atom. The van der Waals surface area contributed by atoms with Gasteiger partial charge in [0, 0.05) is 23.9 Å². The van der Waals surface area contributed by atoms with E-state index in [9.17, 15) is 27.4 Å². The minimum atomic E-state index is -6.00. The number of halogens is 4. The Kier molecular flexibility index (Phi) is 5.87. The SMILES string of the molecule is C[SH+]c1ccc([N+](=O)[O-])cc1.F[B-](F)(F)F. The monoisotopic (exact) mass is 257 g/mol. The number of nitrogens with zero attached hydrogens (tertiary/aromatic N) is 1. The molecule has 1 aromatic rings. The number of hydrogen-bond acceptors (Lipinski definition) is 2. The van der Waals surface area contributed by atoms with Gasteiger partial charge in [-0.3, -0.25) is 10.1 Å². The Morgan fingerprint density at radius 2 is 1.56 bits per heavy atom. The van der Waals surface area contributed by atoms with Gasteiger partial charge in [0.25, 0.3) is 5.69 Å². The molecule has 90 valence electrons. The van der Waals surface area contributed by atoms with Gasteiger partial charge in [0.05, 0.1) is 4.92 Å². The molecule has 0 spiro atoms. The largest absolute Gasteiger partial charge is 0.673 e. The third-order valence-corrected chi connectivity index (χ3v) is 2.13. The molecule has 1 rings (SSSR count). The maximum absolute atomic E-state index is 10.2. The van der Waals surface area contributed by atoms with E-state index in [2.05, 4.69) is 0 Å². The van der Waals surface area contributed by atoms with Gasteiger partial charge in [-0.25, -0.2) is 0 Å². The summed E-state index contributed by atoms with van der Waals surface area (Å²) in [7, 11) is -6.00. The fourth-order valence-corrected chi connectivity index (χ4v) is 1.17. The summed E-state index contributed by atoms with van der Waals surface area (Å²) in [6.07, 6.45) is 1.99. The van der Waals surface area contributed by atoms with Gasteiger partial charge < -0.3 is 17.3 Å². The highest BCUT2D eigenvalue weighted by Gasteiger charge is 2.20. The molecule has 0 heterocycles. The number of nitro benzene ring substituents is 1. The summed E-state index contributed by atoms with van der Waals surface area (Å²) in [5, 5.41) is 10.2. The zero-order chi connectivity index (χ0) is 12.8. The van der Waals surface area contributed by atoms with Crippen LogP contribution in [-0.4, -0.2) is 18.4 Å². The van der Waals surface area contributed by atoms with Crippen LogP contribution in [0.15, 0.2) is 29.2 Å². The van der Waals surface area contributed by atoms with Gasteiger partial charge in [0.1, 0.15) is 6.26 Å².